The van der Waals surface area contributed by atoms with Gasteiger partial charge in [-0.25, -0.2) is 0 Å². The second-order valence-electron chi connectivity index (χ2n) is 6.14. The minimum Gasteiger partial charge on any atom is -0.346 e. The zero-order chi connectivity index (χ0) is 14.3. The van der Waals surface area contributed by atoms with Crippen LogP contribution in [0.1, 0.15) is 45.6 Å². The van der Waals surface area contributed by atoms with Crippen LogP contribution < -0.4 is 0 Å². The number of hydrogen-bond donors (Lipinski definition) is 0. The first-order valence-corrected chi connectivity index (χ1v) is 7.22. The van der Waals surface area contributed by atoms with Crippen LogP contribution in [0.4, 0.5) is 0 Å². The molecule has 2 heteroatoms. The molecule has 1 aromatic rings. The van der Waals surface area contributed by atoms with E-state index in [0.717, 1.165) is 25.8 Å². The van der Waals surface area contributed by atoms with Crippen molar-refractivity contribution in [2.75, 3.05) is 13.6 Å². The Labute approximate surface area is 117 Å². The number of aryl methyl sites for hydroxylation is 1. The maximum absolute atomic E-state index is 12.1. The fourth-order valence-corrected chi connectivity index (χ4v) is 2.22. The molecule has 1 aromatic carbocycles. The summed E-state index contributed by atoms with van der Waals surface area (Å²) in [5.41, 5.74) is 1.42. The molecule has 0 heterocycles. The topological polar surface area (TPSA) is 20.3 Å². The Balaban J connectivity index is 2.45. The van der Waals surface area contributed by atoms with Gasteiger partial charge in [0, 0.05) is 20.0 Å². The molecule has 0 unspecified atom stereocenters. The van der Waals surface area contributed by atoms with E-state index in [-0.39, 0.29) is 11.3 Å². The molecule has 0 radical (unpaired) electrons. The van der Waals surface area contributed by atoms with Crippen molar-refractivity contribution in [1.82, 2.24) is 4.90 Å². The van der Waals surface area contributed by atoms with Gasteiger partial charge in [0.2, 0.25) is 5.91 Å². The van der Waals surface area contributed by atoms with E-state index in [0.29, 0.717) is 6.42 Å². The molecule has 0 aliphatic carbocycles. The molecule has 0 saturated heterocycles. The van der Waals surface area contributed by atoms with Crippen molar-refractivity contribution in [1.29, 1.82) is 0 Å². The van der Waals surface area contributed by atoms with Crippen LogP contribution in [0.3, 0.4) is 0 Å². The Morgan fingerprint density at radius 1 is 1.21 bits per heavy atom. The fourth-order valence-electron chi connectivity index (χ4n) is 2.22. The molecule has 0 bridgehead atoms. The first-order chi connectivity index (χ1) is 8.94. The van der Waals surface area contributed by atoms with Gasteiger partial charge in [-0.3, -0.25) is 4.79 Å². The predicted molar refractivity (Wildman–Crippen MR) is 81.1 cm³/mol. The van der Waals surface area contributed by atoms with Gasteiger partial charge in [-0.2, -0.15) is 0 Å². The Morgan fingerprint density at radius 2 is 1.84 bits per heavy atom. The summed E-state index contributed by atoms with van der Waals surface area (Å²) in [4.78, 5) is 13.9. The fraction of sp³-hybridized carbons (Fsp3) is 0.588. The van der Waals surface area contributed by atoms with Gasteiger partial charge in [0.05, 0.1) is 0 Å². The molecule has 19 heavy (non-hydrogen) atoms. The van der Waals surface area contributed by atoms with Crippen molar-refractivity contribution in [3.8, 4) is 0 Å². The minimum atomic E-state index is 0.0644. The lowest BCUT2D eigenvalue weighted by molar-refractivity contribution is -0.132. The van der Waals surface area contributed by atoms with Crippen molar-refractivity contribution in [2.24, 2.45) is 5.41 Å². The van der Waals surface area contributed by atoms with E-state index in [2.05, 4.69) is 45.0 Å². The van der Waals surface area contributed by atoms with Gasteiger partial charge >= 0.3 is 0 Å². The number of carbonyl (C=O) groups is 1. The SMILES string of the molecule is CCCN(C)C(=O)CC(C)(C)CCc1ccccc1. The third-order valence-corrected chi connectivity index (χ3v) is 3.55. The van der Waals surface area contributed by atoms with E-state index < -0.39 is 0 Å². The summed E-state index contributed by atoms with van der Waals surface area (Å²) in [5.74, 6) is 0.264. The van der Waals surface area contributed by atoms with Crippen molar-refractivity contribution >= 4 is 5.91 Å². The standard InChI is InChI=1S/C17H27NO/c1-5-13-18(4)16(19)14-17(2,3)12-11-15-9-7-6-8-10-15/h6-10H,5,11-14H2,1-4H3. The van der Waals surface area contributed by atoms with Gasteiger partial charge in [0.25, 0.3) is 0 Å². The highest BCUT2D eigenvalue weighted by atomic mass is 16.2. The van der Waals surface area contributed by atoms with Crippen molar-refractivity contribution in [2.45, 2.75) is 46.5 Å². The van der Waals surface area contributed by atoms with Crippen LogP contribution in [-0.2, 0) is 11.2 Å². The Morgan fingerprint density at radius 3 is 2.42 bits per heavy atom. The predicted octanol–water partition coefficient (Wildman–Crippen LogP) is 3.90. The Hall–Kier alpha value is -1.31. The summed E-state index contributed by atoms with van der Waals surface area (Å²) in [6, 6.07) is 10.5. The third-order valence-electron chi connectivity index (χ3n) is 3.55. The van der Waals surface area contributed by atoms with Crippen LogP contribution in [0.15, 0.2) is 30.3 Å². The van der Waals surface area contributed by atoms with Crippen LogP contribution in [-0.4, -0.2) is 24.4 Å². The number of hydrogen-bond acceptors (Lipinski definition) is 1. The molecule has 0 aliphatic rings. The highest BCUT2D eigenvalue weighted by Gasteiger charge is 2.23. The van der Waals surface area contributed by atoms with Gasteiger partial charge in [-0.1, -0.05) is 51.1 Å². The molecule has 1 amide bonds. The molecule has 0 aromatic heterocycles. The highest BCUT2D eigenvalue weighted by Crippen LogP contribution is 2.27. The van der Waals surface area contributed by atoms with Crippen LogP contribution >= 0.6 is 0 Å². The molecule has 106 valence electrons. The quantitative estimate of drug-likeness (QED) is 0.729. The van der Waals surface area contributed by atoms with Crippen molar-refractivity contribution in [3.63, 3.8) is 0 Å². The zero-order valence-corrected chi connectivity index (χ0v) is 12.8. The zero-order valence-electron chi connectivity index (χ0n) is 12.8. The minimum absolute atomic E-state index is 0.0644. The second-order valence-corrected chi connectivity index (χ2v) is 6.14. The van der Waals surface area contributed by atoms with Gasteiger partial charge in [-0.05, 0) is 30.2 Å². The van der Waals surface area contributed by atoms with Crippen LogP contribution in [0, 0.1) is 5.41 Å². The first kappa shape index (κ1) is 15.7. The molecule has 0 aliphatic heterocycles. The van der Waals surface area contributed by atoms with E-state index in [1.807, 2.05) is 18.0 Å². The molecule has 2 nitrogen and oxygen atoms in total. The lowest BCUT2D eigenvalue weighted by atomic mass is 9.82. The lowest BCUT2D eigenvalue weighted by Gasteiger charge is -2.27. The normalized spacial score (nSPS) is 11.4. The van der Waals surface area contributed by atoms with Gasteiger partial charge in [-0.15, -0.1) is 0 Å². The molecule has 0 spiro atoms. The van der Waals surface area contributed by atoms with Crippen molar-refractivity contribution in [3.05, 3.63) is 35.9 Å². The maximum Gasteiger partial charge on any atom is 0.222 e. The number of rotatable bonds is 7. The second kappa shape index (κ2) is 7.32. The van der Waals surface area contributed by atoms with Crippen LogP contribution in [0.2, 0.25) is 0 Å². The van der Waals surface area contributed by atoms with E-state index in [1.165, 1.54) is 5.56 Å². The molecular weight excluding hydrogens is 234 g/mol. The average molecular weight is 261 g/mol. The molecule has 0 fully saturated rings. The van der Waals surface area contributed by atoms with E-state index >= 15 is 0 Å². The first-order valence-electron chi connectivity index (χ1n) is 7.22. The monoisotopic (exact) mass is 261 g/mol. The third kappa shape index (κ3) is 5.91. The number of benzene rings is 1. The summed E-state index contributed by atoms with van der Waals surface area (Å²) < 4.78 is 0. The molecule has 0 atom stereocenters. The largest absolute Gasteiger partial charge is 0.346 e. The van der Waals surface area contributed by atoms with Crippen LogP contribution in [0.25, 0.3) is 0 Å². The summed E-state index contributed by atoms with van der Waals surface area (Å²) in [7, 11) is 1.90. The number of nitrogens with zero attached hydrogens (tertiary/aromatic N) is 1. The van der Waals surface area contributed by atoms with E-state index in [9.17, 15) is 4.79 Å². The summed E-state index contributed by atoms with van der Waals surface area (Å²) in [5, 5.41) is 0. The smallest absolute Gasteiger partial charge is 0.222 e. The molecular formula is C17H27NO. The van der Waals surface area contributed by atoms with E-state index in [1.54, 1.807) is 0 Å². The summed E-state index contributed by atoms with van der Waals surface area (Å²) >= 11 is 0. The number of amides is 1. The Kier molecular flexibility index (Phi) is 6.07. The average Bonchev–Trinajstić information content (AvgIpc) is 2.37. The summed E-state index contributed by atoms with van der Waals surface area (Å²) in [6.45, 7) is 7.33. The molecule has 0 saturated carbocycles. The van der Waals surface area contributed by atoms with E-state index in [4.69, 9.17) is 0 Å². The van der Waals surface area contributed by atoms with Crippen molar-refractivity contribution < 1.29 is 4.79 Å². The maximum atomic E-state index is 12.1. The molecule has 0 N–H and O–H groups in total. The van der Waals surface area contributed by atoms with Gasteiger partial charge in [0.1, 0.15) is 0 Å². The Bertz CT molecular complexity index is 384. The van der Waals surface area contributed by atoms with Crippen LogP contribution in [0.5, 0.6) is 0 Å². The molecule has 1 rings (SSSR count). The van der Waals surface area contributed by atoms with Gasteiger partial charge < -0.3 is 4.90 Å². The highest BCUT2D eigenvalue weighted by molar-refractivity contribution is 5.76. The summed E-state index contributed by atoms with van der Waals surface area (Å²) in [6.07, 6.45) is 3.74. The number of carbonyl (C=O) groups excluding carboxylic acids is 1. The van der Waals surface area contributed by atoms with Gasteiger partial charge in [0.15, 0.2) is 0 Å². The lowest BCUT2D eigenvalue weighted by Crippen LogP contribution is -2.31.